The summed E-state index contributed by atoms with van der Waals surface area (Å²) >= 11 is -2.78. The van der Waals surface area contributed by atoms with Gasteiger partial charge in [-0.2, -0.15) is 0 Å². The van der Waals surface area contributed by atoms with Gasteiger partial charge in [-0.25, -0.2) is 0 Å². The minimum Gasteiger partial charge on any atom is -0.0623 e. The Balaban J connectivity index is 0.000000207. The first kappa shape index (κ1) is 42.7. The molecule has 0 spiro atoms. The Morgan fingerprint density at radius 3 is 0.442 bits per heavy atom. The smallest absolute Gasteiger partial charge is 0.0623 e. The molecule has 0 aliphatic carbocycles. The average molecular weight is 937 g/mol. The van der Waals surface area contributed by atoms with E-state index in [1.807, 2.05) is 36.4 Å². The standard InChI is InChI=1S/2C18H15As.C6H6.F6P.Ru/c2*1-4-10-16(11-5-1)19(17-12-6-2-7-13-17)18-14-8-3-9-15-18;1-2-4-6-5-3-1;1-7(2,3,4,5)6;/h2*1-15H;1-6H;;/q;;;-1;+1. The molecule has 0 aliphatic rings. The van der Waals surface area contributed by atoms with Crippen LogP contribution >= 0.6 is 7.81 Å². The molecule has 0 nitrogen and oxygen atoms in total. The zero-order valence-electron chi connectivity index (χ0n) is 27.7. The van der Waals surface area contributed by atoms with E-state index in [1.165, 1.54) is 26.1 Å². The Morgan fingerprint density at radius 1 is 0.231 bits per heavy atom. The summed E-state index contributed by atoms with van der Waals surface area (Å²) in [6.45, 7) is 0. The fourth-order valence-electron chi connectivity index (χ4n) is 4.74. The summed E-state index contributed by atoms with van der Waals surface area (Å²) in [6, 6.07) is 77.4. The molecule has 7 rings (SSSR count). The monoisotopic (exact) mass is 937 g/mol. The van der Waals surface area contributed by atoms with Crippen molar-refractivity contribution in [3.8, 4) is 0 Å². The minimum atomic E-state index is -10.7. The first-order valence-corrected chi connectivity index (χ1v) is 23.5. The second kappa shape index (κ2) is 19.9. The first-order chi connectivity index (χ1) is 24.3. The van der Waals surface area contributed by atoms with Gasteiger partial charge in [0.05, 0.1) is 0 Å². The van der Waals surface area contributed by atoms with Gasteiger partial charge in [-0.15, -0.1) is 0 Å². The van der Waals surface area contributed by atoms with Gasteiger partial charge >= 0.3 is 290 Å². The molecule has 0 heterocycles. The van der Waals surface area contributed by atoms with E-state index in [0.717, 1.165) is 0 Å². The predicted octanol–water partition coefficient (Wildman–Crippen LogP) is 9.47. The number of hydrogen-bond acceptors (Lipinski definition) is 0. The van der Waals surface area contributed by atoms with Gasteiger partial charge in [0.25, 0.3) is 0 Å². The van der Waals surface area contributed by atoms with Crippen LogP contribution in [0.25, 0.3) is 0 Å². The van der Waals surface area contributed by atoms with Crippen molar-refractivity contribution in [3.05, 3.63) is 218 Å². The van der Waals surface area contributed by atoms with Crippen molar-refractivity contribution in [3.63, 3.8) is 0 Å². The Morgan fingerprint density at radius 2 is 0.327 bits per heavy atom. The van der Waals surface area contributed by atoms with Gasteiger partial charge in [-0.3, -0.25) is 0 Å². The summed E-state index contributed by atoms with van der Waals surface area (Å²) in [7, 11) is -10.7. The third-order valence-electron chi connectivity index (χ3n) is 6.75. The van der Waals surface area contributed by atoms with Gasteiger partial charge < -0.3 is 0 Å². The Labute approximate surface area is 324 Å². The number of halogens is 6. The molecule has 269 valence electrons. The Bertz CT molecular complexity index is 1620. The number of hydrogen-bond donors (Lipinski definition) is 0. The van der Waals surface area contributed by atoms with Crippen molar-refractivity contribution in [2.45, 2.75) is 0 Å². The number of benzene rings is 7. The molecule has 0 unspecified atom stereocenters. The van der Waals surface area contributed by atoms with Gasteiger partial charge in [0.2, 0.25) is 0 Å². The van der Waals surface area contributed by atoms with Crippen molar-refractivity contribution in [2.24, 2.45) is 0 Å². The van der Waals surface area contributed by atoms with Crippen molar-refractivity contribution in [1.29, 1.82) is 0 Å². The van der Waals surface area contributed by atoms with E-state index in [9.17, 15) is 25.2 Å². The maximum absolute atomic E-state index is 10.7. The van der Waals surface area contributed by atoms with Gasteiger partial charge in [0.15, 0.2) is 0 Å². The van der Waals surface area contributed by atoms with E-state index >= 15 is 0 Å². The Kier molecular flexibility index (Phi) is 16.4. The van der Waals surface area contributed by atoms with E-state index in [4.69, 9.17) is 0 Å². The third kappa shape index (κ3) is 17.2. The zero-order chi connectivity index (χ0) is 36.5. The molecule has 0 aliphatic heterocycles. The van der Waals surface area contributed by atoms with Crippen LogP contribution in [0, 0.1) is 0 Å². The summed E-state index contributed by atoms with van der Waals surface area (Å²) in [5.41, 5.74) is 0. The van der Waals surface area contributed by atoms with E-state index in [-0.39, 0.29) is 19.5 Å². The van der Waals surface area contributed by atoms with Crippen molar-refractivity contribution in [1.82, 2.24) is 0 Å². The molecule has 0 bridgehead atoms. The fraction of sp³-hybridized carbons (Fsp3) is 0. The summed E-state index contributed by atoms with van der Waals surface area (Å²) in [5.74, 6) is 0. The van der Waals surface area contributed by atoms with Gasteiger partial charge in [0, 0.05) is 0 Å². The topological polar surface area (TPSA) is 0 Å². The van der Waals surface area contributed by atoms with E-state index in [2.05, 4.69) is 182 Å². The van der Waals surface area contributed by atoms with Crippen LogP contribution in [0.1, 0.15) is 0 Å². The van der Waals surface area contributed by atoms with Crippen LogP contribution < -0.4 is 26.1 Å². The molecule has 52 heavy (non-hydrogen) atoms. The molecular formula is C42H36As2F6PRu. The van der Waals surface area contributed by atoms with Crippen molar-refractivity contribution < 1.29 is 44.7 Å². The number of rotatable bonds is 6. The maximum Gasteiger partial charge on any atom is -0.0623 e. The van der Waals surface area contributed by atoms with Gasteiger partial charge in [0.1, 0.15) is 0 Å². The second-order valence-electron chi connectivity index (χ2n) is 10.8. The molecule has 0 fully saturated rings. The molecule has 7 aromatic carbocycles. The molecule has 0 N–H and O–H groups in total. The fourth-order valence-corrected chi connectivity index (χ4v) is 14.4. The first-order valence-electron chi connectivity index (χ1n) is 15.8. The summed E-state index contributed by atoms with van der Waals surface area (Å²) in [5, 5.41) is 0. The summed E-state index contributed by atoms with van der Waals surface area (Å²) < 4.78 is 68.1. The molecule has 7 aromatic rings. The van der Waals surface area contributed by atoms with Crippen molar-refractivity contribution in [2.75, 3.05) is 0 Å². The molecule has 10 heteroatoms. The Hall–Kier alpha value is -3.71. The van der Waals surface area contributed by atoms with Crippen LogP contribution in [0.2, 0.25) is 0 Å². The second-order valence-corrected chi connectivity index (χ2v) is 22.0. The van der Waals surface area contributed by atoms with Crippen LogP contribution in [0.4, 0.5) is 25.2 Å². The van der Waals surface area contributed by atoms with Gasteiger partial charge in [-0.05, 0) is 0 Å². The van der Waals surface area contributed by atoms with Gasteiger partial charge in [-0.1, -0.05) is 36.4 Å². The molecule has 0 saturated heterocycles. The van der Waals surface area contributed by atoms with Crippen LogP contribution in [0.15, 0.2) is 218 Å². The molecule has 0 aromatic heterocycles. The summed E-state index contributed by atoms with van der Waals surface area (Å²) in [6.07, 6.45) is 0. The molecule has 0 atom stereocenters. The van der Waals surface area contributed by atoms with E-state index in [0.29, 0.717) is 0 Å². The summed E-state index contributed by atoms with van der Waals surface area (Å²) in [4.78, 5) is 0. The normalized spacial score (nSPS) is 11.8. The molecule has 0 saturated carbocycles. The van der Waals surface area contributed by atoms with E-state index < -0.39 is 37.1 Å². The minimum absolute atomic E-state index is 0. The molecular weight excluding hydrogens is 900 g/mol. The average Bonchev–Trinajstić information content (AvgIpc) is 3.15. The van der Waals surface area contributed by atoms with Crippen LogP contribution in [0.5, 0.6) is 0 Å². The third-order valence-corrected chi connectivity index (χ3v) is 17.0. The van der Waals surface area contributed by atoms with Crippen LogP contribution in [-0.2, 0) is 19.5 Å². The van der Waals surface area contributed by atoms with E-state index in [1.54, 1.807) is 0 Å². The quantitative estimate of drug-likeness (QED) is 0.0887. The maximum atomic E-state index is 9.87. The zero-order valence-corrected chi connectivity index (χ0v) is 34.1. The van der Waals surface area contributed by atoms with Crippen molar-refractivity contribution >= 4 is 63.2 Å². The SMILES string of the molecule is F[P-](F)(F)(F)(F)F.[Ru+].c1ccc([As](c2ccccc2)c2ccccc2)cc1.c1ccc([As](c2ccccc2)c2ccccc2)cc1.c1ccccc1. The molecule has 0 amide bonds. The molecule has 1 radical (unpaired) electrons. The predicted molar refractivity (Wildman–Crippen MR) is 208 cm³/mol. The largest absolute Gasteiger partial charge is 0.0623 e. The van der Waals surface area contributed by atoms with Crippen LogP contribution in [-0.4, -0.2) is 29.3 Å². The van der Waals surface area contributed by atoms with Crippen LogP contribution in [0.3, 0.4) is 0 Å².